The molecule has 0 bridgehead atoms. The van der Waals surface area contributed by atoms with Crippen molar-refractivity contribution in [1.82, 2.24) is 4.90 Å². The first-order valence-corrected chi connectivity index (χ1v) is 7.74. The summed E-state index contributed by atoms with van der Waals surface area (Å²) in [5.74, 6) is 0.652. The molecule has 0 spiro atoms. The minimum absolute atomic E-state index is 0.155. The molecular weight excluding hydrogens is 266 g/mol. The van der Waals surface area contributed by atoms with Crippen LogP contribution in [-0.4, -0.2) is 43.7 Å². The zero-order valence-corrected chi connectivity index (χ0v) is 12.6. The lowest BCUT2D eigenvalue weighted by Crippen LogP contribution is -2.37. The van der Waals surface area contributed by atoms with E-state index in [2.05, 4.69) is 4.90 Å². The van der Waals surface area contributed by atoms with Gasteiger partial charge in [-0.25, -0.2) is 0 Å². The van der Waals surface area contributed by atoms with E-state index < -0.39 is 0 Å². The monoisotopic (exact) mass is 289 g/mol. The van der Waals surface area contributed by atoms with Gasteiger partial charge in [-0.1, -0.05) is 12.1 Å². The molecule has 1 aromatic rings. The van der Waals surface area contributed by atoms with Crippen LogP contribution in [0.5, 0.6) is 0 Å². The number of nitrogens with zero attached hydrogens (tertiary/aromatic N) is 1. The number of carbonyl (C=O) groups is 1. The normalized spacial score (nSPS) is 21.5. The number of benzene rings is 1. The first kappa shape index (κ1) is 14.5. The van der Waals surface area contributed by atoms with Gasteiger partial charge in [-0.05, 0) is 37.0 Å². The Balaban J connectivity index is 1.72. The molecule has 1 saturated carbocycles. The number of ether oxygens (including phenoxy) is 2. The summed E-state index contributed by atoms with van der Waals surface area (Å²) in [6.45, 7) is 3.00. The van der Waals surface area contributed by atoms with Crippen LogP contribution >= 0.6 is 0 Å². The number of carbonyl (C=O) groups excluding carboxylic acids is 1. The van der Waals surface area contributed by atoms with Crippen LogP contribution in [-0.2, 0) is 16.1 Å². The van der Waals surface area contributed by atoms with Crippen molar-refractivity contribution < 1.29 is 14.3 Å². The molecule has 21 heavy (non-hydrogen) atoms. The molecule has 1 aliphatic heterocycles. The molecule has 1 aromatic carbocycles. The molecule has 4 nitrogen and oxygen atoms in total. The standard InChI is InChI=1S/C17H23NO3/c1-20-11-13-3-2-4-15(9-13)17(19)18(16-5-6-16)10-14-7-8-21-12-14/h2-4,9,14,16H,5-8,10-12H2,1H3/t14-/m1/s1. The summed E-state index contributed by atoms with van der Waals surface area (Å²) in [5.41, 5.74) is 1.82. The van der Waals surface area contributed by atoms with Gasteiger partial charge >= 0.3 is 0 Å². The van der Waals surface area contributed by atoms with Crippen molar-refractivity contribution in [2.45, 2.75) is 31.9 Å². The lowest BCUT2D eigenvalue weighted by atomic mass is 10.1. The summed E-state index contributed by atoms with van der Waals surface area (Å²) in [7, 11) is 1.67. The van der Waals surface area contributed by atoms with Gasteiger partial charge in [0.2, 0.25) is 0 Å². The molecule has 1 heterocycles. The average molecular weight is 289 g/mol. The molecule has 3 rings (SSSR count). The third-order valence-electron chi connectivity index (χ3n) is 4.21. The van der Waals surface area contributed by atoms with Crippen LogP contribution in [0.4, 0.5) is 0 Å². The second-order valence-corrected chi connectivity index (χ2v) is 6.05. The highest BCUT2D eigenvalue weighted by molar-refractivity contribution is 5.94. The summed E-state index contributed by atoms with van der Waals surface area (Å²) < 4.78 is 10.6. The maximum atomic E-state index is 12.8. The Hall–Kier alpha value is -1.39. The van der Waals surface area contributed by atoms with Crippen molar-refractivity contribution in [2.24, 2.45) is 5.92 Å². The molecule has 1 aliphatic carbocycles. The van der Waals surface area contributed by atoms with Crippen molar-refractivity contribution in [2.75, 3.05) is 26.9 Å². The van der Waals surface area contributed by atoms with E-state index in [1.165, 1.54) is 0 Å². The minimum atomic E-state index is 0.155. The highest BCUT2D eigenvalue weighted by Crippen LogP contribution is 2.30. The molecule has 1 amide bonds. The Bertz CT molecular complexity index is 493. The fraction of sp³-hybridized carbons (Fsp3) is 0.588. The number of hydrogen-bond acceptors (Lipinski definition) is 3. The molecule has 0 N–H and O–H groups in total. The maximum Gasteiger partial charge on any atom is 0.254 e. The Kier molecular flexibility index (Phi) is 4.56. The first-order valence-electron chi connectivity index (χ1n) is 7.74. The van der Waals surface area contributed by atoms with Gasteiger partial charge < -0.3 is 14.4 Å². The van der Waals surface area contributed by atoms with Gasteiger partial charge in [0, 0.05) is 37.8 Å². The second kappa shape index (κ2) is 6.58. The summed E-state index contributed by atoms with van der Waals surface area (Å²) in [5, 5.41) is 0. The van der Waals surface area contributed by atoms with Crippen LogP contribution < -0.4 is 0 Å². The largest absolute Gasteiger partial charge is 0.381 e. The van der Waals surface area contributed by atoms with Crippen molar-refractivity contribution in [3.8, 4) is 0 Å². The highest BCUT2D eigenvalue weighted by atomic mass is 16.5. The first-order chi connectivity index (χ1) is 10.3. The molecule has 1 saturated heterocycles. The third-order valence-corrected chi connectivity index (χ3v) is 4.21. The van der Waals surface area contributed by atoms with Crippen molar-refractivity contribution in [3.05, 3.63) is 35.4 Å². The second-order valence-electron chi connectivity index (χ2n) is 6.05. The van der Waals surface area contributed by atoms with Crippen molar-refractivity contribution >= 4 is 5.91 Å². The lowest BCUT2D eigenvalue weighted by Gasteiger charge is -2.25. The zero-order chi connectivity index (χ0) is 14.7. The van der Waals surface area contributed by atoms with Crippen LogP contribution in [0.2, 0.25) is 0 Å². The van der Waals surface area contributed by atoms with E-state index in [9.17, 15) is 4.79 Å². The summed E-state index contributed by atoms with van der Waals surface area (Å²) in [6, 6.07) is 8.22. The topological polar surface area (TPSA) is 38.8 Å². The van der Waals surface area contributed by atoms with Crippen LogP contribution in [0.25, 0.3) is 0 Å². The highest BCUT2D eigenvalue weighted by Gasteiger charge is 2.35. The van der Waals surface area contributed by atoms with Crippen molar-refractivity contribution in [1.29, 1.82) is 0 Å². The van der Waals surface area contributed by atoms with Gasteiger partial charge in [-0.2, -0.15) is 0 Å². The molecule has 2 aliphatic rings. The lowest BCUT2D eigenvalue weighted by molar-refractivity contribution is 0.0706. The molecule has 0 aromatic heterocycles. The Morgan fingerprint density at radius 3 is 2.90 bits per heavy atom. The Labute approximate surface area is 126 Å². The fourth-order valence-electron chi connectivity index (χ4n) is 2.92. The third kappa shape index (κ3) is 3.63. The van der Waals surface area contributed by atoms with Crippen LogP contribution in [0.1, 0.15) is 35.2 Å². The summed E-state index contributed by atoms with van der Waals surface area (Å²) >= 11 is 0. The average Bonchev–Trinajstić information content (AvgIpc) is 3.21. The molecular formula is C17H23NO3. The predicted octanol–water partition coefficient (Wildman–Crippen LogP) is 2.47. The van der Waals surface area contributed by atoms with Gasteiger partial charge in [0.25, 0.3) is 5.91 Å². The van der Waals surface area contributed by atoms with E-state index in [0.29, 0.717) is 18.6 Å². The van der Waals surface area contributed by atoms with Crippen LogP contribution in [0.15, 0.2) is 24.3 Å². The van der Waals surface area contributed by atoms with E-state index >= 15 is 0 Å². The zero-order valence-electron chi connectivity index (χ0n) is 12.6. The molecule has 114 valence electrons. The number of methoxy groups -OCH3 is 1. The quantitative estimate of drug-likeness (QED) is 0.807. The van der Waals surface area contributed by atoms with Gasteiger partial charge in [0.05, 0.1) is 13.2 Å². The van der Waals surface area contributed by atoms with Crippen molar-refractivity contribution in [3.63, 3.8) is 0 Å². The van der Waals surface area contributed by atoms with E-state index in [1.807, 2.05) is 24.3 Å². The van der Waals surface area contributed by atoms with E-state index in [-0.39, 0.29) is 5.91 Å². The summed E-state index contributed by atoms with van der Waals surface area (Å²) in [4.78, 5) is 14.9. The van der Waals surface area contributed by atoms with Gasteiger partial charge in [-0.15, -0.1) is 0 Å². The fourth-order valence-corrected chi connectivity index (χ4v) is 2.92. The summed E-state index contributed by atoms with van der Waals surface area (Å²) in [6.07, 6.45) is 3.34. The molecule has 0 radical (unpaired) electrons. The smallest absolute Gasteiger partial charge is 0.254 e. The van der Waals surface area contributed by atoms with Gasteiger partial charge in [0.1, 0.15) is 0 Å². The van der Waals surface area contributed by atoms with Crippen LogP contribution in [0, 0.1) is 5.92 Å². The van der Waals surface area contributed by atoms with E-state index in [1.54, 1.807) is 7.11 Å². The van der Waals surface area contributed by atoms with Crippen LogP contribution in [0.3, 0.4) is 0 Å². The number of rotatable bonds is 6. The molecule has 1 atom stereocenters. The Morgan fingerprint density at radius 1 is 1.38 bits per heavy atom. The van der Waals surface area contributed by atoms with Gasteiger partial charge in [0.15, 0.2) is 0 Å². The van der Waals surface area contributed by atoms with Gasteiger partial charge in [-0.3, -0.25) is 4.79 Å². The predicted molar refractivity (Wildman–Crippen MR) is 80.1 cm³/mol. The molecule has 0 unspecified atom stereocenters. The number of hydrogen-bond donors (Lipinski definition) is 0. The molecule has 4 heteroatoms. The van der Waals surface area contributed by atoms with E-state index in [4.69, 9.17) is 9.47 Å². The maximum absolute atomic E-state index is 12.8. The Morgan fingerprint density at radius 2 is 2.24 bits per heavy atom. The minimum Gasteiger partial charge on any atom is -0.381 e. The van der Waals surface area contributed by atoms with E-state index in [0.717, 1.165) is 50.1 Å². The SMILES string of the molecule is COCc1cccc(C(=O)N(C[C@H]2CCOC2)C2CC2)c1. The number of amides is 1. The molecule has 2 fully saturated rings.